The maximum atomic E-state index is 12.4. The number of rotatable bonds is 7. The van der Waals surface area contributed by atoms with E-state index in [1.807, 2.05) is 13.8 Å². The molecule has 0 spiro atoms. The van der Waals surface area contributed by atoms with Gasteiger partial charge in [0, 0.05) is 23.9 Å². The molecule has 2 amide bonds. The third-order valence-electron chi connectivity index (χ3n) is 3.75. The van der Waals surface area contributed by atoms with Gasteiger partial charge in [-0.2, -0.15) is 0 Å². The molecule has 0 bridgehead atoms. The van der Waals surface area contributed by atoms with Crippen LogP contribution < -0.4 is 15.0 Å². The molecule has 6 heteroatoms. The Bertz CT molecular complexity index is 828. The van der Waals surface area contributed by atoms with E-state index in [-0.39, 0.29) is 30.2 Å². The van der Waals surface area contributed by atoms with Crippen molar-refractivity contribution >= 4 is 29.0 Å². The average Bonchev–Trinajstić information content (AvgIpc) is 2.60. The highest BCUT2D eigenvalue weighted by Crippen LogP contribution is 2.21. The van der Waals surface area contributed by atoms with Crippen LogP contribution in [-0.2, 0) is 9.59 Å². The van der Waals surface area contributed by atoms with Crippen LogP contribution >= 0.6 is 0 Å². The van der Waals surface area contributed by atoms with Crippen molar-refractivity contribution < 1.29 is 19.1 Å². The first kappa shape index (κ1) is 20.2. The fourth-order valence-electron chi connectivity index (χ4n) is 2.52. The Morgan fingerprint density at radius 2 is 1.70 bits per heavy atom. The number of nitrogens with one attached hydrogen (secondary N) is 1. The molecule has 142 valence electrons. The molecule has 2 rings (SSSR count). The Hall–Kier alpha value is -3.15. The number of ketones is 1. The molecule has 0 unspecified atom stereocenters. The summed E-state index contributed by atoms with van der Waals surface area (Å²) >= 11 is 0. The van der Waals surface area contributed by atoms with Crippen LogP contribution in [0.5, 0.6) is 5.75 Å². The van der Waals surface area contributed by atoms with E-state index >= 15 is 0 Å². The smallest absolute Gasteiger partial charge is 0.244 e. The molecular weight excluding hydrogens is 344 g/mol. The lowest BCUT2D eigenvalue weighted by Crippen LogP contribution is -2.36. The van der Waals surface area contributed by atoms with Crippen molar-refractivity contribution in [1.29, 1.82) is 0 Å². The first-order chi connectivity index (χ1) is 12.8. The number of benzene rings is 2. The third-order valence-corrected chi connectivity index (χ3v) is 3.75. The molecule has 0 saturated heterocycles. The molecule has 0 aliphatic carbocycles. The monoisotopic (exact) mass is 368 g/mol. The van der Waals surface area contributed by atoms with Crippen molar-refractivity contribution in [3.8, 4) is 5.75 Å². The van der Waals surface area contributed by atoms with Gasteiger partial charge in [0.05, 0.1) is 6.10 Å². The number of ether oxygens (including phenoxy) is 1. The summed E-state index contributed by atoms with van der Waals surface area (Å²) in [6, 6.07) is 13.7. The van der Waals surface area contributed by atoms with E-state index in [1.54, 1.807) is 48.5 Å². The van der Waals surface area contributed by atoms with Crippen molar-refractivity contribution in [1.82, 2.24) is 0 Å². The maximum Gasteiger partial charge on any atom is 0.244 e. The van der Waals surface area contributed by atoms with Gasteiger partial charge in [-0.3, -0.25) is 14.4 Å². The van der Waals surface area contributed by atoms with Crippen LogP contribution in [0.1, 0.15) is 38.1 Å². The van der Waals surface area contributed by atoms with E-state index in [4.69, 9.17) is 4.74 Å². The van der Waals surface area contributed by atoms with Crippen LogP contribution in [0.3, 0.4) is 0 Å². The predicted octanol–water partition coefficient (Wildman–Crippen LogP) is 3.67. The summed E-state index contributed by atoms with van der Waals surface area (Å²) in [5, 5.41) is 2.72. The predicted molar refractivity (Wildman–Crippen MR) is 105 cm³/mol. The second-order valence-corrected chi connectivity index (χ2v) is 6.45. The zero-order valence-corrected chi connectivity index (χ0v) is 16.0. The molecule has 27 heavy (non-hydrogen) atoms. The normalized spacial score (nSPS) is 10.4. The van der Waals surface area contributed by atoms with E-state index in [9.17, 15) is 14.4 Å². The Labute approximate surface area is 159 Å². The van der Waals surface area contributed by atoms with Gasteiger partial charge in [-0.1, -0.05) is 12.1 Å². The first-order valence-electron chi connectivity index (χ1n) is 8.72. The fraction of sp³-hybridized carbons (Fsp3) is 0.286. The minimum atomic E-state index is -0.353. The third kappa shape index (κ3) is 5.95. The minimum Gasteiger partial charge on any atom is -0.491 e. The molecule has 0 radical (unpaired) electrons. The average molecular weight is 368 g/mol. The summed E-state index contributed by atoms with van der Waals surface area (Å²) in [7, 11) is 0. The van der Waals surface area contributed by atoms with Gasteiger partial charge < -0.3 is 15.0 Å². The number of carbonyl (C=O) groups excluding carboxylic acids is 3. The molecule has 2 aromatic rings. The van der Waals surface area contributed by atoms with Crippen molar-refractivity contribution in [2.45, 2.75) is 33.8 Å². The summed E-state index contributed by atoms with van der Waals surface area (Å²) < 4.78 is 5.59. The highest BCUT2D eigenvalue weighted by atomic mass is 16.5. The summed E-state index contributed by atoms with van der Waals surface area (Å²) in [6.45, 7) is 6.60. The van der Waals surface area contributed by atoms with E-state index in [0.29, 0.717) is 22.7 Å². The summed E-state index contributed by atoms with van der Waals surface area (Å²) in [5.74, 6) is 0.0106. The zero-order chi connectivity index (χ0) is 20.0. The van der Waals surface area contributed by atoms with Crippen LogP contribution in [0, 0.1) is 0 Å². The van der Waals surface area contributed by atoms with Crippen molar-refractivity contribution in [3.05, 3.63) is 54.1 Å². The molecule has 0 atom stereocenters. The second kappa shape index (κ2) is 8.98. The van der Waals surface area contributed by atoms with Crippen LogP contribution in [0.25, 0.3) is 0 Å². The Kier molecular flexibility index (Phi) is 6.71. The minimum absolute atomic E-state index is 0.0521. The van der Waals surface area contributed by atoms with Gasteiger partial charge in [0.1, 0.15) is 12.3 Å². The van der Waals surface area contributed by atoms with Gasteiger partial charge in [-0.15, -0.1) is 0 Å². The number of anilines is 2. The molecule has 0 aromatic heterocycles. The fourth-order valence-corrected chi connectivity index (χ4v) is 2.52. The van der Waals surface area contributed by atoms with Crippen LogP contribution in [-0.4, -0.2) is 30.2 Å². The molecule has 0 saturated carbocycles. The highest BCUT2D eigenvalue weighted by molar-refractivity contribution is 6.02. The topological polar surface area (TPSA) is 75.7 Å². The van der Waals surface area contributed by atoms with Crippen LogP contribution in [0.2, 0.25) is 0 Å². The highest BCUT2D eigenvalue weighted by Gasteiger charge is 2.16. The van der Waals surface area contributed by atoms with Crippen LogP contribution in [0.15, 0.2) is 48.5 Å². The van der Waals surface area contributed by atoms with Crippen LogP contribution in [0.4, 0.5) is 11.4 Å². The molecule has 0 aliphatic rings. The number of carbonyl (C=O) groups is 3. The summed E-state index contributed by atoms with van der Waals surface area (Å²) in [4.78, 5) is 37.2. The van der Waals surface area contributed by atoms with Gasteiger partial charge in [-0.25, -0.2) is 0 Å². The number of Topliss-reactive ketones (excluding diaryl/α,β-unsaturated/α-hetero) is 1. The standard InChI is InChI=1S/C21H24N2O4/c1-14(2)27-20-10-8-19(9-11-20)23(16(4)25)13-21(26)22-18-7-5-6-17(12-18)15(3)24/h5-12,14H,13H2,1-4H3,(H,22,26). The van der Waals surface area contributed by atoms with E-state index in [2.05, 4.69) is 5.32 Å². The Morgan fingerprint density at radius 3 is 2.26 bits per heavy atom. The van der Waals surface area contributed by atoms with Gasteiger partial charge in [0.2, 0.25) is 11.8 Å². The lowest BCUT2D eigenvalue weighted by Gasteiger charge is -2.21. The molecular formula is C21H24N2O4. The maximum absolute atomic E-state index is 12.4. The SMILES string of the molecule is CC(=O)c1cccc(NC(=O)CN(C(C)=O)c2ccc(OC(C)C)cc2)c1. The molecule has 0 fully saturated rings. The molecule has 1 N–H and O–H groups in total. The number of hydrogen-bond donors (Lipinski definition) is 1. The van der Waals surface area contributed by atoms with Crippen molar-refractivity contribution in [3.63, 3.8) is 0 Å². The van der Waals surface area contributed by atoms with Crippen molar-refractivity contribution in [2.24, 2.45) is 0 Å². The van der Waals surface area contributed by atoms with Gasteiger partial charge in [-0.05, 0) is 57.2 Å². The summed E-state index contributed by atoms with van der Waals surface area (Å²) in [6.07, 6.45) is 0.0521. The molecule has 0 heterocycles. The molecule has 2 aromatic carbocycles. The van der Waals surface area contributed by atoms with E-state index in [0.717, 1.165) is 0 Å². The second-order valence-electron chi connectivity index (χ2n) is 6.45. The number of hydrogen-bond acceptors (Lipinski definition) is 4. The van der Waals surface area contributed by atoms with Crippen molar-refractivity contribution in [2.75, 3.05) is 16.8 Å². The zero-order valence-electron chi connectivity index (χ0n) is 16.0. The molecule has 0 aliphatic heterocycles. The Morgan fingerprint density at radius 1 is 1.04 bits per heavy atom. The first-order valence-corrected chi connectivity index (χ1v) is 8.72. The van der Waals surface area contributed by atoms with E-state index in [1.165, 1.54) is 18.7 Å². The van der Waals surface area contributed by atoms with E-state index < -0.39 is 0 Å². The lowest BCUT2D eigenvalue weighted by molar-refractivity contribution is -0.120. The quantitative estimate of drug-likeness (QED) is 0.757. The lowest BCUT2D eigenvalue weighted by atomic mass is 10.1. The van der Waals surface area contributed by atoms with Gasteiger partial charge >= 0.3 is 0 Å². The van der Waals surface area contributed by atoms with Gasteiger partial charge in [0.15, 0.2) is 5.78 Å². The number of nitrogens with zero attached hydrogens (tertiary/aromatic N) is 1. The number of amides is 2. The Balaban J connectivity index is 2.09. The van der Waals surface area contributed by atoms with Gasteiger partial charge in [0.25, 0.3) is 0 Å². The largest absolute Gasteiger partial charge is 0.491 e. The molecule has 6 nitrogen and oxygen atoms in total. The summed E-state index contributed by atoms with van der Waals surface area (Å²) in [5.41, 5.74) is 1.63.